The molecule has 6 heteroatoms. The zero-order valence-corrected chi connectivity index (χ0v) is 20.9. The minimum Gasteiger partial charge on any atom is -0.493 e. The van der Waals surface area contributed by atoms with Gasteiger partial charge in [0, 0.05) is 12.2 Å². The van der Waals surface area contributed by atoms with Crippen molar-refractivity contribution in [1.82, 2.24) is 5.32 Å². The van der Waals surface area contributed by atoms with Crippen LogP contribution in [0.5, 0.6) is 11.5 Å². The van der Waals surface area contributed by atoms with E-state index in [9.17, 15) is 4.79 Å². The quantitative estimate of drug-likeness (QED) is 0.338. The van der Waals surface area contributed by atoms with Crippen molar-refractivity contribution in [3.05, 3.63) is 113 Å². The molecule has 1 atom stereocenters. The summed E-state index contributed by atoms with van der Waals surface area (Å²) < 4.78 is 11.6. The van der Waals surface area contributed by atoms with Gasteiger partial charge in [0.1, 0.15) is 12.6 Å². The maximum atomic E-state index is 13.4. The van der Waals surface area contributed by atoms with E-state index in [1.807, 2.05) is 48.5 Å². The van der Waals surface area contributed by atoms with Crippen LogP contribution in [0.4, 0.5) is 5.69 Å². The molecular weight excluding hydrogens is 462 g/mol. The standard InChI is InChI=1S/C31H31N3O3/c1-36-29-20-26(14-17-28(29)37-22-25-10-6-3-7-11-25)30(34-27-15-12-24(21-32)13-16-27)31(35)33-19-18-23-8-4-2-5-9-23/h3-4,6-17,20,30,34H,2,5,18-19,22H2,1H3,(H,33,35). The highest BCUT2D eigenvalue weighted by atomic mass is 16.5. The van der Waals surface area contributed by atoms with E-state index in [1.54, 1.807) is 31.4 Å². The number of benzene rings is 3. The summed E-state index contributed by atoms with van der Waals surface area (Å²) in [7, 11) is 1.59. The topological polar surface area (TPSA) is 83.4 Å². The Morgan fingerprint density at radius 1 is 1.03 bits per heavy atom. The van der Waals surface area contributed by atoms with Gasteiger partial charge >= 0.3 is 0 Å². The Balaban J connectivity index is 1.51. The number of hydrogen-bond acceptors (Lipinski definition) is 5. The van der Waals surface area contributed by atoms with Gasteiger partial charge < -0.3 is 20.1 Å². The number of carbonyl (C=O) groups excluding carboxylic acids is 1. The van der Waals surface area contributed by atoms with E-state index < -0.39 is 6.04 Å². The molecule has 6 nitrogen and oxygen atoms in total. The molecule has 3 aromatic rings. The third-order valence-electron chi connectivity index (χ3n) is 6.13. The molecule has 1 unspecified atom stereocenters. The number of ether oxygens (including phenoxy) is 2. The molecule has 0 fully saturated rings. The van der Waals surface area contributed by atoms with E-state index in [0.717, 1.165) is 36.1 Å². The molecule has 1 aliphatic rings. The first-order chi connectivity index (χ1) is 18.2. The summed E-state index contributed by atoms with van der Waals surface area (Å²) >= 11 is 0. The van der Waals surface area contributed by atoms with Crippen molar-refractivity contribution in [3.8, 4) is 17.6 Å². The second kappa shape index (κ2) is 13.0. The second-order valence-electron chi connectivity index (χ2n) is 8.75. The minimum atomic E-state index is -0.666. The van der Waals surface area contributed by atoms with Gasteiger partial charge in [-0.1, -0.05) is 60.2 Å². The molecule has 1 amide bonds. The highest BCUT2D eigenvalue weighted by molar-refractivity contribution is 5.86. The maximum absolute atomic E-state index is 13.4. The fraction of sp³-hybridized carbons (Fsp3) is 0.226. The third-order valence-corrected chi connectivity index (χ3v) is 6.13. The van der Waals surface area contributed by atoms with Gasteiger partial charge in [0.05, 0.1) is 18.7 Å². The summed E-state index contributed by atoms with van der Waals surface area (Å²) in [5.41, 5.74) is 4.32. The van der Waals surface area contributed by atoms with Crippen LogP contribution in [-0.4, -0.2) is 19.6 Å². The molecule has 0 saturated heterocycles. The molecular formula is C31H31N3O3. The van der Waals surface area contributed by atoms with E-state index in [2.05, 4.69) is 34.9 Å². The normalized spacial score (nSPS) is 13.1. The van der Waals surface area contributed by atoms with E-state index in [-0.39, 0.29) is 5.91 Å². The zero-order chi connectivity index (χ0) is 25.9. The van der Waals surface area contributed by atoms with Crippen molar-refractivity contribution in [3.63, 3.8) is 0 Å². The smallest absolute Gasteiger partial charge is 0.247 e. The van der Waals surface area contributed by atoms with Crippen LogP contribution in [0.3, 0.4) is 0 Å². The molecule has 37 heavy (non-hydrogen) atoms. The van der Waals surface area contributed by atoms with Crippen molar-refractivity contribution < 1.29 is 14.3 Å². The Labute approximate surface area is 218 Å². The van der Waals surface area contributed by atoms with Crippen LogP contribution in [0.1, 0.15) is 42.0 Å². The van der Waals surface area contributed by atoms with Gasteiger partial charge in [0.2, 0.25) is 5.91 Å². The number of methoxy groups -OCH3 is 1. The molecule has 0 spiro atoms. The molecule has 0 radical (unpaired) electrons. The summed E-state index contributed by atoms with van der Waals surface area (Å²) in [5.74, 6) is 0.999. The zero-order valence-electron chi connectivity index (χ0n) is 20.9. The van der Waals surface area contributed by atoms with Gasteiger partial charge in [-0.15, -0.1) is 0 Å². The van der Waals surface area contributed by atoms with Gasteiger partial charge in [0.15, 0.2) is 11.5 Å². The van der Waals surface area contributed by atoms with Crippen molar-refractivity contribution in [2.24, 2.45) is 0 Å². The predicted molar refractivity (Wildman–Crippen MR) is 145 cm³/mol. The summed E-state index contributed by atoms with van der Waals surface area (Å²) in [6.45, 7) is 0.949. The summed E-state index contributed by atoms with van der Waals surface area (Å²) in [6, 6.07) is 23.9. The summed E-state index contributed by atoms with van der Waals surface area (Å²) in [4.78, 5) is 13.4. The molecule has 0 aromatic heterocycles. The van der Waals surface area contributed by atoms with Crippen LogP contribution in [0.25, 0.3) is 0 Å². The van der Waals surface area contributed by atoms with Crippen LogP contribution in [0, 0.1) is 11.3 Å². The van der Waals surface area contributed by atoms with Crippen molar-refractivity contribution in [2.75, 3.05) is 19.0 Å². The van der Waals surface area contributed by atoms with Crippen molar-refractivity contribution >= 4 is 11.6 Å². The SMILES string of the molecule is COc1cc(C(Nc2ccc(C#N)cc2)C(=O)NCCC2=CCCC=C2)ccc1OCc1ccccc1. The highest BCUT2D eigenvalue weighted by Gasteiger charge is 2.22. The monoisotopic (exact) mass is 493 g/mol. The van der Waals surface area contributed by atoms with E-state index in [0.29, 0.717) is 30.2 Å². The van der Waals surface area contributed by atoms with E-state index in [4.69, 9.17) is 14.7 Å². The molecule has 188 valence electrons. The summed E-state index contributed by atoms with van der Waals surface area (Å²) in [6.07, 6.45) is 9.40. The minimum absolute atomic E-state index is 0.148. The van der Waals surface area contributed by atoms with Crippen LogP contribution in [-0.2, 0) is 11.4 Å². The lowest BCUT2D eigenvalue weighted by atomic mass is 10.0. The van der Waals surface area contributed by atoms with Gasteiger partial charge in [-0.25, -0.2) is 0 Å². The molecule has 2 N–H and O–H groups in total. The van der Waals surface area contributed by atoms with E-state index >= 15 is 0 Å². The molecule has 0 aliphatic heterocycles. The number of carbonyl (C=O) groups is 1. The molecule has 0 bridgehead atoms. The van der Waals surface area contributed by atoms with E-state index in [1.165, 1.54) is 5.57 Å². The molecule has 1 aliphatic carbocycles. The Bertz CT molecular complexity index is 1290. The lowest BCUT2D eigenvalue weighted by molar-refractivity contribution is -0.121. The number of allylic oxidation sites excluding steroid dienone is 3. The largest absolute Gasteiger partial charge is 0.493 e. The number of nitrogens with one attached hydrogen (secondary N) is 2. The number of nitriles is 1. The lowest BCUT2D eigenvalue weighted by Gasteiger charge is -2.22. The fourth-order valence-electron chi connectivity index (χ4n) is 4.11. The number of hydrogen-bond donors (Lipinski definition) is 2. The Morgan fingerprint density at radius 2 is 1.84 bits per heavy atom. The van der Waals surface area contributed by atoms with Crippen LogP contribution in [0.15, 0.2) is 96.6 Å². The van der Waals surface area contributed by atoms with Crippen LogP contribution in [0.2, 0.25) is 0 Å². The first-order valence-corrected chi connectivity index (χ1v) is 12.4. The summed E-state index contributed by atoms with van der Waals surface area (Å²) in [5, 5.41) is 15.5. The maximum Gasteiger partial charge on any atom is 0.247 e. The second-order valence-corrected chi connectivity index (χ2v) is 8.75. The lowest BCUT2D eigenvalue weighted by Crippen LogP contribution is -2.34. The van der Waals surface area contributed by atoms with Gasteiger partial charge in [-0.05, 0) is 66.8 Å². The van der Waals surface area contributed by atoms with Crippen molar-refractivity contribution in [2.45, 2.75) is 31.9 Å². The van der Waals surface area contributed by atoms with Gasteiger partial charge in [-0.2, -0.15) is 5.26 Å². The average Bonchev–Trinajstić information content (AvgIpc) is 2.96. The highest BCUT2D eigenvalue weighted by Crippen LogP contribution is 2.32. The molecule has 4 rings (SSSR count). The molecule has 0 saturated carbocycles. The Hall–Kier alpha value is -4.50. The number of amides is 1. The van der Waals surface area contributed by atoms with Gasteiger partial charge in [-0.3, -0.25) is 4.79 Å². The van der Waals surface area contributed by atoms with Crippen LogP contribution < -0.4 is 20.1 Å². The third kappa shape index (κ3) is 7.25. The Morgan fingerprint density at radius 3 is 2.54 bits per heavy atom. The van der Waals surface area contributed by atoms with Crippen LogP contribution >= 0.6 is 0 Å². The number of rotatable bonds is 11. The van der Waals surface area contributed by atoms with Crippen molar-refractivity contribution in [1.29, 1.82) is 5.26 Å². The Kier molecular flexibility index (Phi) is 8.98. The van der Waals surface area contributed by atoms with Gasteiger partial charge in [0.25, 0.3) is 0 Å². The first kappa shape index (κ1) is 25.6. The molecule has 0 heterocycles. The number of nitrogens with zero attached hydrogens (tertiary/aromatic N) is 1. The average molecular weight is 494 g/mol. The first-order valence-electron chi connectivity index (χ1n) is 12.4. The fourth-order valence-corrected chi connectivity index (χ4v) is 4.11. The predicted octanol–water partition coefficient (Wildman–Crippen LogP) is 6.08. The molecule has 3 aromatic carbocycles. The number of anilines is 1.